The first-order valence-electron chi connectivity index (χ1n) is 14.0. The SMILES string of the molecule is Cc1cnn(C[C@H](O)[C@H](Cc2ccccc2)NC(=O)c2cc(C(=O)N[C@H](C)c3ccc(F)cc3)cc(N(C)S(C)(=O)=O)c2)c1. The highest BCUT2D eigenvalue weighted by Crippen LogP contribution is 2.23. The maximum atomic E-state index is 13.7. The fourth-order valence-electron chi connectivity index (χ4n) is 4.65. The molecule has 3 aromatic carbocycles. The van der Waals surface area contributed by atoms with Crippen LogP contribution in [0, 0.1) is 12.7 Å². The molecular weight excluding hydrogens is 585 g/mol. The number of nitrogens with one attached hydrogen (secondary N) is 2. The number of carbonyl (C=O) groups is 2. The predicted octanol–water partition coefficient (Wildman–Crippen LogP) is 3.62. The Balaban J connectivity index is 1.64. The van der Waals surface area contributed by atoms with E-state index in [1.807, 2.05) is 37.3 Å². The van der Waals surface area contributed by atoms with Crippen LogP contribution in [0.3, 0.4) is 0 Å². The lowest BCUT2D eigenvalue weighted by Crippen LogP contribution is -2.46. The summed E-state index contributed by atoms with van der Waals surface area (Å²) in [6.45, 7) is 3.73. The van der Waals surface area contributed by atoms with Crippen molar-refractivity contribution in [1.29, 1.82) is 0 Å². The number of anilines is 1. The zero-order valence-corrected chi connectivity index (χ0v) is 25.8. The summed E-state index contributed by atoms with van der Waals surface area (Å²) in [6, 6.07) is 17.9. The molecule has 10 nitrogen and oxygen atoms in total. The second-order valence-electron chi connectivity index (χ2n) is 10.8. The topological polar surface area (TPSA) is 134 Å². The highest BCUT2D eigenvalue weighted by atomic mass is 32.2. The van der Waals surface area contributed by atoms with Crippen molar-refractivity contribution in [3.8, 4) is 0 Å². The highest BCUT2D eigenvalue weighted by molar-refractivity contribution is 7.92. The minimum atomic E-state index is -3.74. The van der Waals surface area contributed by atoms with E-state index >= 15 is 0 Å². The Kier molecular flexibility index (Phi) is 10.2. The van der Waals surface area contributed by atoms with Crippen molar-refractivity contribution in [1.82, 2.24) is 20.4 Å². The van der Waals surface area contributed by atoms with Crippen molar-refractivity contribution in [2.24, 2.45) is 0 Å². The molecule has 2 amide bonds. The van der Waals surface area contributed by atoms with Crippen LogP contribution in [0.2, 0.25) is 0 Å². The van der Waals surface area contributed by atoms with E-state index in [9.17, 15) is 27.5 Å². The van der Waals surface area contributed by atoms with E-state index in [0.717, 1.165) is 21.7 Å². The summed E-state index contributed by atoms with van der Waals surface area (Å²) in [5.41, 5.74) is 2.64. The number of aliphatic hydroxyl groups excluding tert-OH is 1. The summed E-state index contributed by atoms with van der Waals surface area (Å²) in [5.74, 6) is -1.57. The van der Waals surface area contributed by atoms with Gasteiger partial charge in [-0.1, -0.05) is 42.5 Å². The Morgan fingerprint density at radius 2 is 1.61 bits per heavy atom. The van der Waals surface area contributed by atoms with Crippen molar-refractivity contribution in [2.45, 2.75) is 45.0 Å². The standard InChI is InChI=1S/C32H36FN5O5S/c1-21-18-34-38(19-21)20-30(39)29(14-23-8-6-5-7-9-23)36-32(41)26-15-25(16-28(17-26)37(3)44(4,42)43)31(40)35-22(2)24-10-12-27(33)13-11-24/h5-13,15-19,22,29-30,39H,14,20H2,1-4H3,(H,35,40)(H,36,41)/t22-,29+,30+/m1/s1. The van der Waals surface area contributed by atoms with E-state index in [4.69, 9.17) is 0 Å². The van der Waals surface area contributed by atoms with Gasteiger partial charge < -0.3 is 15.7 Å². The molecule has 1 aromatic heterocycles. The number of rotatable bonds is 12. The minimum absolute atomic E-state index is 0.0257. The number of aryl methyl sites for hydroxylation is 1. The van der Waals surface area contributed by atoms with Gasteiger partial charge in [0, 0.05) is 24.4 Å². The zero-order valence-electron chi connectivity index (χ0n) is 24.9. The van der Waals surface area contributed by atoms with E-state index in [1.165, 1.54) is 37.4 Å². The second-order valence-corrected chi connectivity index (χ2v) is 12.8. The smallest absolute Gasteiger partial charge is 0.251 e. The second kappa shape index (κ2) is 13.8. The van der Waals surface area contributed by atoms with E-state index in [1.54, 1.807) is 36.1 Å². The first kappa shape index (κ1) is 32.4. The highest BCUT2D eigenvalue weighted by Gasteiger charge is 2.25. The van der Waals surface area contributed by atoms with Gasteiger partial charge in [0.2, 0.25) is 10.0 Å². The van der Waals surface area contributed by atoms with Crippen LogP contribution in [0.5, 0.6) is 0 Å². The molecule has 3 N–H and O–H groups in total. The zero-order chi connectivity index (χ0) is 32.0. The fraction of sp³-hybridized carbons (Fsp3) is 0.281. The lowest BCUT2D eigenvalue weighted by atomic mass is 10.00. The number of carbonyl (C=O) groups excluding carboxylic acids is 2. The summed E-state index contributed by atoms with van der Waals surface area (Å²) in [7, 11) is -2.41. The Bertz CT molecular complexity index is 1710. The molecular formula is C32H36FN5O5S. The third-order valence-electron chi connectivity index (χ3n) is 7.24. The predicted molar refractivity (Wildman–Crippen MR) is 166 cm³/mol. The van der Waals surface area contributed by atoms with Crippen molar-refractivity contribution < 1.29 is 27.5 Å². The van der Waals surface area contributed by atoms with Crippen LogP contribution in [0.25, 0.3) is 0 Å². The number of amides is 2. The maximum absolute atomic E-state index is 13.7. The molecule has 0 aliphatic carbocycles. The average molecular weight is 622 g/mol. The molecule has 0 radical (unpaired) electrons. The summed E-state index contributed by atoms with van der Waals surface area (Å²) in [4.78, 5) is 27.0. The van der Waals surface area contributed by atoms with E-state index in [2.05, 4.69) is 15.7 Å². The molecule has 0 aliphatic rings. The van der Waals surface area contributed by atoms with Gasteiger partial charge in [-0.05, 0) is 67.3 Å². The monoisotopic (exact) mass is 621 g/mol. The Morgan fingerprint density at radius 3 is 2.18 bits per heavy atom. The normalized spacial score (nSPS) is 13.5. The summed E-state index contributed by atoms with van der Waals surface area (Å²) < 4.78 is 40.7. The number of aliphatic hydroxyl groups is 1. The molecule has 0 saturated carbocycles. The average Bonchev–Trinajstić information content (AvgIpc) is 3.40. The molecule has 3 atom stereocenters. The number of hydrogen-bond acceptors (Lipinski definition) is 6. The van der Waals surface area contributed by atoms with Gasteiger partial charge in [0.15, 0.2) is 0 Å². The molecule has 0 aliphatic heterocycles. The number of hydrogen-bond donors (Lipinski definition) is 3. The fourth-order valence-corrected chi connectivity index (χ4v) is 5.14. The first-order valence-corrected chi connectivity index (χ1v) is 15.8. The third kappa shape index (κ3) is 8.51. The lowest BCUT2D eigenvalue weighted by molar-refractivity contribution is 0.0780. The Hall–Kier alpha value is -4.55. The van der Waals surface area contributed by atoms with Gasteiger partial charge in [-0.3, -0.25) is 18.6 Å². The Labute approximate surface area is 256 Å². The quantitative estimate of drug-likeness (QED) is 0.221. The van der Waals surface area contributed by atoms with E-state index in [0.29, 0.717) is 12.0 Å². The van der Waals surface area contributed by atoms with Gasteiger partial charge in [-0.15, -0.1) is 0 Å². The van der Waals surface area contributed by atoms with Crippen molar-refractivity contribution in [3.05, 3.63) is 119 Å². The van der Waals surface area contributed by atoms with Crippen LogP contribution >= 0.6 is 0 Å². The van der Waals surface area contributed by atoms with Crippen LogP contribution in [0.4, 0.5) is 10.1 Å². The Morgan fingerprint density at radius 1 is 1.00 bits per heavy atom. The molecule has 0 spiro atoms. The van der Waals surface area contributed by atoms with Crippen LogP contribution in [-0.4, -0.2) is 60.6 Å². The molecule has 1 heterocycles. The van der Waals surface area contributed by atoms with Gasteiger partial charge in [0.05, 0.1) is 42.9 Å². The summed E-state index contributed by atoms with van der Waals surface area (Å²) in [6.07, 6.45) is 3.75. The number of aromatic nitrogens is 2. The molecule has 232 valence electrons. The first-order chi connectivity index (χ1) is 20.8. The molecule has 44 heavy (non-hydrogen) atoms. The molecule has 4 rings (SSSR count). The van der Waals surface area contributed by atoms with E-state index in [-0.39, 0.29) is 23.4 Å². The third-order valence-corrected chi connectivity index (χ3v) is 8.44. The van der Waals surface area contributed by atoms with Gasteiger partial charge in [-0.2, -0.15) is 5.10 Å². The summed E-state index contributed by atoms with van der Waals surface area (Å²) in [5, 5.41) is 21.1. The number of benzene rings is 3. The molecule has 4 aromatic rings. The largest absolute Gasteiger partial charge is 0.389 e. The van der Waals surface area contributed by atoms with Crippen LogP contribution in [0.1, 0.15) is 50.4 Å². The van der Waals surface area contributed by atoms with Crippen molar-refractivity contribution >= 4 is 27.5 Å². The number of halogens is 1. The summed E-state index contributed by atoms with van der Waals surface area (Å²) >= 11 is 0. The van der Waals surface area contributed by atoms with Gasteiger partial charge in [0.25, 0.3) is 11.8 Å². The van der Waals surface area contributed by atoms with Crippen LogP contribution in [-0.2, 0) is 23.0 Å². The molecule has 0 saturated heterocycles. The maximum Gasteiger partial charge on any atom is 0.251 e. The van der Waals surface area contributed by atoms with Crippen molar-refractivity contribution in [2.75, 3.05) is 17.6 Å². The van der Waals surface area contributed by atoms with E-state index < -0.39 is 45.8 Å². The van der Waals surface area contributed by atoms with Gasteiger partial charge in [0.1, 0.15) is 5.82 Å². The molecule has 12 heteroatoms. The van der Waals surface area contributed by atoms with Crippen LogP contribution in [0.15, 0.2) is 85.2 Å². The van der Waals surface area contributed by atoms with Crippen molar-refractivity contribution in [3.63, 3.8) is 0 Å². The molecule has 0 bridgehead atoms. The lowest BCUT2D eigenvalue weighted by Gasteiger charge is -2.25. The minimum Gasteiger partial charge on any atom is -0.389 e. The number of sulfonamides is 1. The van der Waals surface area contributed by atoms with Crippen LogP contribution < -0.4 is 14.9 Å². The molecule has 0 unspecified atom stereocenters. The molecule has 0 fully saturated rings. The van der Waals surface area contributed by atoms with Gasteiger partial charge >= 0.3 is 0 Å². The number of nitrogens with zero attached hydrogens (tertiary/aromatic N) is 3. The van der Waals surface area contributed by atoms with Gasteiger partial charge in [-0.25, -0.2) is 12.8 Å².